The van der Waals surface area contributed by atoms with Gasteiger partial charge in [-0.25, -0.2) is 0 Å². The van der Waals surface area contributed by atoms with Gasteiger partial charge in [0.2, 0.25) is 5.91 Å². The van der Waals surface area contributed by atoms with Gasteiger partial charge in [-0.3, -0.25) is 14.5 Å². The minimum Gasteiger partial charge on any atom is -0.343 e. The first-order valence-electron chi connectivity index (χ1n) is 8.95. The molecule has 0 radical (unpaired) electrons. The molecular formula is C20H22N4O2S. The summed E-state index contributed by atoms with van der Waals surface area (Å²) in [4.78, 5) is 28.5. The van der Waals surface area contributed by atoms with Gasteiger partial charge in [-0.2, -0.15) is 16.6 Å². The number of hydrogen-bond donors (Lipinski definition) is 1. The van der Waals surface area contributed by atoms with E-state index in [-0.39, 0.29) is 18.4 Å². The van der Waals surface area contributed by atoms with E-state index in [1.165, 1.54) is 11.3 Å². The Morgan fingerprint density at radius 2 is 1.93 bits per heavy atom. The average Bonchev–Trinajstić information content (AvgIpc) is 3.14. The lowest BCUT2D eigenvalue weighted by Crippen LogP contribution is -2.41. The van der Waals surface area contributed by atoms with Crippen LogP contribution in [0.15, 0.2) is 41.1 Å². The molecule has 2 amide bonds. The lowest BCUT2D eigenvalue weighted by molar-refractivity contribution is -0.130. The van der Waals surface area contributed by atoms with Crippen molar-refractivity contribution in [1.29, 1.82) is 5.26 Å². The van der Waals surface area contributed by atoms with Crippen molar-refractivity contribution < 1.29 is 9.59 Å². The third-order valence-corrected chi connectivity index (χ3v) is 5.30. The Morgan fingerprint density at radius 1 is 1.11 bits per heavy atom. The number of nitrogens with zero attached hydrogens (tertiary/aromatic N) is 3. The molecule has 2 aromatic rings. The number of carbonyl (C=O) groups excluding carboxylic acids is 2. The molecule has 6 nitrogen and oxygen atoms in total. The number of carbonyl (C=O) groups is 2. The SMILES string of the molecule is N#Cc1ccc(CN2CCCN(C(=O)CNC(=O)c3ccsc3)CC2)cc1. The highest BCUT2D eigenvalue weighted by atomic mass is 32.1. The van der Waals surface area contributed by atoms with Crippen molar-refractivity contribution in [3.05, 3.63) is 57.8 Å². The average molecular weight is 382 g/mol. The van der Waals surface area contributed by atoms with Gasteiger partial charge < -0.3 is 10.2 Å². The molecular weight excluding hydrogens is 360 g/mol. The van der Waals surface area contributed by atoms with E-state index in [1.807, 2.05) is 34.5 Å². The fraction of sp³-hybridized carbons (Fsp3) is 0.350. The van der Waals surface area contributed by atoms with Crippen molar-refractivity contribution in [2.24, 2.45) is 0 Å². The fourth-order valence-corrected chi connectivity index (χ4v) is 3.72. The quantitative estimate of drug-likeness (QED) is 0.859. The Labute approximate surface area is 163 Å². The molecule has 3 rings (SSSR count). The van der Waals surface area contributed by atoms with E-state index in [1.54, 1.807) is 11.4 Å². The van der Waals surface area contributed by atoms with Crippen molar-refractivity contribution in [2.75, 3.05) is 32.7 Å². The van der Waals surface area contributed by atoms with Gasteiger partial charge >= 0.3 is 0 Å². The van der Waals surface area contributed by atoms with Gasteiger partial charge in [0.05, 0.1) is 18.2 Å². The summed E-state index contributed by atoms with van der Waals surface area (Å²) in [5.41, 5.74) is 2.42. The first kappa shape index (κ1) is 19.1. The first-order chi connectivity index (χ1) is 13.2. The summed E-state index contributed by atoms with van der Waals surface area (Å²) in [5, 5.41) is 15.2. The van der Waals surface area contributed by atoms with E-state index >= 15 is 0 Å². The Balaban J connectivity index is 1.46. The van der Waals surface area contributed by atoms with Crippen LogP contribution in [-0.2, 0) is 11.3 Å². The van der Waals surface area contributed by atoms with E-state index in [2.05, 4.69) is 16.3 Å². The molecule has 0 aliphatic carbocycles. The predicted octanol–water partition coefficient (Wildman–Crippen LogP) is 2.08. The number of hydrogen-bond acceptors (Lipinski definition) is 5. The maximum absolute atomic E-state index is 12.4. The second-order valence-corrected chi connectivity index (χ2v) is 7.29. The maximum Gasteiger partial charge on any atom is 0.252 e. The first-order valence-corrected chi connectivity index (χ1v) is 9.89. The van der Waals surface area contributed by atoms with Gasteiger partial charge in [-0.1, -0.05) is 12.1 Å². The van der Waals surface area contributed by atoms with Crippen LogP contribution in [0.3, 0.4) is 0 Å². The molecule has 0 spiro atoms. The van der Waals surface area contributed by atoms with E-state index in [4.69, 9.17) is 5.26 Å². The van der Waals surface area contributed by atoms with Crippen LogP contribution < -0.4 is 5.32 Å². The zero-order chi connectivity index (χ0) is 19.1. The second kappa shape index (κ2) is 9.31. The number of nitriles is 1. The van der Waals surface area contributed by atoms with Crippen LogP contribution in [0.25, 0.3) is 0 Å². The fourth-order valence-electron chi connectivity index (χ4n) is 3.08. The summed E-state index contributed by atoms with van der Waals surface area (Å²) in [7, 11) is 0. The molecule has 0 atom stereocenters. The largest absolute Gasteiger partial charge is 0.343 e. The molecule has 1 aliphatic heterocycles. The summed E-state index contributed by atoms with van der Waals surface area (Å²) < 4.78 is 0. The Hall–Kier alpha value is -2.69. The molecule has 0 saturated carbocycles. The summed E-state index contributed by atoms with van der Waals surface area (Å²) in [5.74, 6) is -0.249. The predicted molar refractivity (Wildman–Crippen MR) is 104 cm³/mol. The van der Waals surface area contributed by atoms with Crippen LogP contribution in [0, 0.1) is 11.3 Å². The molecule has 1 aliphatic rings. The second-order valence-electron chi connectivity index (χ2n) is 6.51. The molecule has 0 unspecified atom stereocenters. The molecule has 1 saturated heterocycles. The topological polar surface area (TPSA) is 76.4 Å². The van der Waals surface area contributed by atoms with Crippen molar-refractivity contribution in [1.82, 2.24) is 15.1 Å². The number of amides is 2. The van der Waals surface area contributed by atoms with Gasteiger partial charge in [-0.05, 0) is 35.6 Å². The molecule has 2 heterocycles. The van der Waals surface area contributed by atoms with Crippen LogP contribution in [-0.4, -0.2) is 54.3 Å². The third-order valence-electron chi connectivity index (χ3n) is 4.61. The molecule has 1 fully saturated rings. The molecule has 0 bridgehead atoms. The molecule has 7 heteroatoms. The lowest BCUT2D eigenvalue weighted by atomic mass is 10.1. The number of nitrogens with one attached hydrogen (secondary N) is 1. The van der Waals surface area contributed by atoms with Gasteiger partial charge in [-0.15, -0.1) is 0 Å². The zero-order valence-electron chi connectivity index (χ0n) is 15.1. The third kappa shape index (κ3) is 5.39. The smallest absolute Gasteiger partial charge is 0.252 e. The number of benzene rings is 1. The lowest BCUT2D eigenvalue weighted by Gasteiger charge is -2.22. The van der Waals surface area contributed by atoms with E-state index in [0.717, 1.165) is 31.6 Å². The van der Waals surface area contributed by atoms with Crippen molar-refractivity contribution >= 4 is 23.2 Å². The van der Waals surface area contributed by atoms with Gasteiger partial charge in [0.25, 0.3) is 5.91 Å². The van der Waals surface area contributed by atoms with Gasteiger partial charge in [0.15, 0.2) is 0 Å². The van der Waals surface area contributed by atoms with Crippen LogP contribution in [0.5, 0.6) is 0 Å². The number of thiophene rings is 1. The van der Waals surface area contributed by atoms with Crippen LogP contribution in [0.4, 0.5) is 0 Å². The highest BCUT2D eigenvalue weighted by Gasteiger charge is 2.20. The Morgan fingerprint density at radius 3 is 2.63 bits per heavy atom. The van der Waals surface area contributed by atoms with Crippen LogP contribution in [0.1, 0.15) is 27.9 Å². The summed E-state index contributed by atoms with van der Waals surface area (Å²) >= 11 is 1.46. The minimum absolute atomic E-state index is 0.0320. The van der Waals surface area contributed by atoms with Crippen molar-refractivity contribution in [3.63, 3.8) is 0 Å². The van der Waals surface area contributed by atoms with Crippen LogP contribution >= 0.6 is 11.3 Å². The van der Waals surface area contributed by atoms with Gasteiger partial charge in [0, 0.05) is 43.7 Å². The highest BCUT2D eigenvalue weighted by molar-refractivity contribution is 7.08. The van der Waals surface area contributed by atoms with Crippen LogP contribution in [0.2, 0.25) is 0 Å². The summed E-state index contributed by atoms with van der Waals surface area (Å²) in [6.45, 7) is 3.92. The normalized spacial score (nSPS) is 15.0. The highest BCUT2D eigenvalue weighted by Crippen LogP contribution is 2.11. The maximum atomic E-state index is 12.4. The molecule has 27 heavy (non-hydrogen) atoms. The van der Waals surface area contributed by atoms with E-state index < -0.39 is 0 Å². The van der Waals surface area contributed by atoms with Crippen molar-refractivity contribution in [3.8, 4) is 6.07 Å². The Bertz CT molecular complexity index is 812. The number of rotatable bonds is 5. The van der Waals surface area contributed by atoms with E-state index in [0.29, 0.717) is 24.2 Å². The zero-order valence-corrected chi connectivity index (χ0v) is 15.9. The molecule has 1 N–H and O–H groups in total. The van der Waals surface area contributed by atoms with Gasteiger partial charge in [0.1, 0.15) is 0 Å². The van der Waals surface area contributed by atoms with Crippen molar-refractivity contribution in [2.45, 2.75) is 13.0 Å². The molecule has 1 aromatic carbocycles. The Kier molecular flexibility index (Phi) is 6.58. The molecule has 140 valence electrons. The standard InChI is InChI=1S/C20H22N4O2S/c21-12-16-2-4-17(5-3-16)14-23-7-1-8-24(10-9-23)19(25)13-22-20(26)18-6-11-27-15-18/h2-6,11,15H,1,7-10,13-14H2,(H,22,26). The molecule has 1 aromatic heterocycles. The summed E-state index contributed by atoms with van der Waals surface area (Å²) in [6, 6.07) is 11.5. The van der Waals surface area contributed by atoms with E-state index in [9.17, 15) is 9.59 Å². The minimum atomic E-state index is -0.207. The monoisotopic (exact) mass is 382 g/mol. The summed E-state index contributed by atoms with van der Waals surface area (Å²) in [6.07, 6.45) is 0.903.